The van der Waals surface area contributed by atoms with Gasteiger partial charge in [-0.2, -0.15) is 0 Å². The molecule has 0 aromatic carbocycles. The molecular weight excluding hydrogens is 292 g/mol. The van der Waals surface area contributed by atoms with E-state index in [0.29, 0.717) is 31.5 Å². The van der Waals surface area contributed by atoms with Crippen molar-refractivity contribution in [3.63, 3.8) is 0 Å². The molecule has 0 saturated carbocycles. The number of rotatable bonds is 9. The second-order valence-electron chi connectivity index (χ2n) is 5.54. The Balaban J connectivity index is 2.51. The Bertz CT molecular complexity index is 451. The van der Waals surface area contributed by atoms with Crippen LogP contribution in [0.4, 0.5) is 0 Å². The Morgan fingerprint density at radius 1 is 1.45 bits per heavy atom. The van der Waals surface area contributed by atoms with Crippen LogP contribution in [0.25, 0.3) is 0 Å². The Morgan fingerprint density at radius 3 is 2.68 bits per heavy atom. The summed E-state index contributed by atoms with van der Waals surface area (Å²) in [6.07, 6.45) is 1.58. The smallest absolute Gasteiger partial charge is 0.320 e. The second kappa shape index (κ2) is 8.11. The topological polar surface area (TPSA) is 142 Å². The predicted molar refractivity (Wildman–Crippen MR) is 77.8 cm³/mol. The van der Waals surface area contributed by atoms with Gasteiger partial charge in [0, 0.05) is 19.4 Å². The summed E-state index contributed by atoms with van der Waals surface area (Å²) in [6, 6.07) is -0.871. The zero-order valence-electron chi connectivity index (χ0n) is 12.7. The second-order valence-corrected chi connectivity index (χ2v) is 5.54. The van der Waals surface area contributed by atoms with Gasteiger partial charge in [-0.05, 0) is 19.3 Å². The molecule has 0 aliphatic heterocycles. The summed E-state index contributed by atoms with van der Waals surface area (Å²) >= 11 is 0. The fourth-order valence-electron chi connectivity index (χ4n) is 2.36. The summed E-state index contributed by atoms with van der Waals surface area (Å²) in [5.74, 6) is -1.22. The average molecular weight is 316 g/mol. The molecule has 0 heterocycles. The first kappa shape index (κ1) is 18.4. The van der Waals surface area contributed by atoms with Crippen LogP contribution in [0.5, 0.6) is 0 Å². The van der Waals surface area contributed by atoms with Crippen LogP contribution in [-0.4, -0.2) is 59.0 Å². The minimum Gasteiger partial charge on any atom is -0.491 e. The third kappa shape index (κ3) is 4.97. The van der Waals surface area contributed by atoms with Crippen molar-refractivity contribution >= 4 is 11.8 Å². The molecule has 1 aliphatic carbocycles. The third-order valence-corrected chi connectivity index (χ3v) is 3.62. The van der Waals surface area contributed by atoms with Crippen LogP contribution in [0.2, 0.25) is 0 Å². The maximum absolute atomic E-state index is 11.9. The van der Waals surface area contributed by atoms with E-state index in [2.05, 4.69) is 5.32 Å². The molecule has 1 rings (SSSR count). The van der Waals surface area contributed by atoms with Gasteiger partial charge in [0.05, 0.1) is 19.4 Å². The number of hydrogen-bond acceptors (Lipinski definition) is 7. The van der Waals surface area contributed by atoms with E-state index in [1.165, 1.54) is 7.11 Å². The van der Waals surface area contributed by atoms with Gasteiger partial charge in [-0.1, -0.05) is 0 Å². The van der Waals surface area contributed by atoms with Crippen molar-refractivity contribution < 1.29 is 29.6 Å². The predicted octanol–water partition coefficient (Wildman–Crippen LogP) is -0.897. The highest BCUT2D eigenvalue weighted by molar-refractivity contribution is 5.95. The van der Waals surface area contributed by atoms with E-state index < -0.39 is 24.2 Å². The number of nitrogens with two attached hydrogens (primary N) is 1. The van der Waals surface area contributed by atoms with Crippen molar-refractivity contribution in [2.45, 2.75) is 43.7 Å². The molecule has 126 valence electrons. The molecule has 8 heteroatoms. The first-order valence-electron chi connectivity index (χ1n) is 7.19. The maximum Gasteiger partial charge on any atom is 0.320 e. The van der Waals surface area contributed by atoms with Crippen LogP contribution < -0.4 is 11.1 Å². The minimum atomic E-state index is -1.47. The number of unbranched alkanes of at least 4 members (excludes halogenated alkanes) is 1. The SMILES string of the molecule is COC1=C(NCCCCC(N)C(=O)O)C[C@@](O)(CO)CC1=O. The van der Waals surface area contributed by atoms with E-state index in [9.17, 15) is 19.8 Å². The van der Waals surface area contributed by atoms with Crippen molar-refractivity contribution in [2.75, 3.05) is 20.3 Å². The summed E-state index contributed by atoms with van der Waals surface area (Å²) in [7, 11) is 1.38. The number of ether oxygens (including phenoxy) is 1. The van der Waals surface area contributed by atoms with Crippen LogP contribution in [-0.2, 0) is 14.3 Å². The highest BCUT2D eigenvalue weighted by Gasteiger charge is 2.38. The molecule has 0 fully saturated rings. The molecule has 2 atom stereocenters. The first-order chi connectivity index (χ1) is 10.3. The van der Waals surface area contributed by atoms with Gasteiger partial charge in [0.2, 0.25) is 5.78 Å². The van der Waals surface area contributed by atoms with Gasteiger partial charge in [-0.3, -0.25) is 9.59 Å². The summed E-state index contributed by atoms with van der Waals surface area (Å²) < 4.78 is 5.06. The largest absolute Gasteiger partial charge is 0.491 e. The summed E-state index contributed by atoms with van der Waals surface area (Å²) in [5.41, 5.74) is 4.39. The fraction of sp³-hybridized carbons (Fsp3) is 0.714. The Hall–Kier alpha value is -1.64. The molecule has 22 heavy (non-hydrogen) atoms. The van der Waals surface area contributed by atoms with Crippen molar-refractivity contribution in [2.24, 2.45) is 5.73 Å². The zero-order valence-corrected chi connectivity index (χ0v) is 12.7. The molecule has 0 bridgehead atoms. The van der Waals surface area contributed by atoms with Crippen LogP contribution >= 0.6 is 0 Å². The number of allylic oxidation sites excluding steroid dienone is 1. The molecule has 0 amide bonds. The Kier molecular flexibility index (Phi) is 6.79. The molecule has 0 radical (unpaired) electrons. The molecule has 1 unspecified atom stereocenters. The lowest BCUT2D eigenvalue weighted by atomic mass is 9.86. The van der Waals surface area contributed by atoms with E-state index in [0.717, 1.165) is 0 Å². The van der Waals surface area contributed by atoms with Crippen LogP contribution in [0, 0.1) is 0 Å². The summed E-state index contributed by atoms with van der Waals surface area (Å²) in [5, 5.41) is 31.0. The van der Waals surface area contributed by atoms with Gasteiger partial charge in [0.25, 0.3) is 0 Å². The van der Waals surface area contributed by atoms with Gasteiger partial charge in [0.15, 0.2) is 5.76 Å². The summed E-state index contributed by atoms with van der Waals surface area (Å²) in [6.45, 7) is -0.0162. The number of carbonyl (C=O) groups is 2. The first-order valence-corrected chi connectivity index (χ1v) is 7.19. The Morgan fingerprint density at radius 2 is 2.14 bits per heavy atom. The monoisotopic (exact) mass is 316 g/mol. The van der Waals surface area contributed by atoms with Crippen LogP contribution in [0.3, 0.4) is 0 Å². The van der Waals surface area contributed by atoms with Crippen molar-refractivity contribution in [1.82, 2.24) is 5.32 Å². The molecule has 8 nitrogen and oxygen atoms in total. The van der Waals surface area contributed by atoms with Crippen LogP contribution in [0.1, 0.15) is 32.1 Å². The minimum absolute atomic E-state index is 0.104. The van der Waals surface area contributed by atoms with Gasteiger partial charge >= 0.3 is 5.97 Å². The fourth-order valence-corrected chi connectivity index (χ4v) is 2.36. The number of aliphatic hydroxyl groups is 2. The standard InChI is InChI=1S/C14H24N2O6/c1-22-12-10(6-14(21,8-17)7-11(12)18)16-5-3-2-4-9(15)13(19)20/h9,16-17,21H,2-8,15H2,1H3,(H,19,20)/t9?,14-/m0/s1. The molecular formula is C14H24N2O6. The number of carboxylic acids is 1. The van der Waals surface area contributed by atoms with E-state index >= 15 is 0 Å². The molecule has 0 spiro atoms. The number of carbonyl (C=O) groups excluding carboxylic acids is 1. The third-order valence-electron chi connectivity index (χ3n) is 3.62. The van der Waals surface area contributed by atoms with Gasteiger partial charge in [0.1, 0.15) is 11.6 Å². The number of nitrogens with one attached hydrogen (secondary N) is 1. The van der Waals surface area contributed by atoms with E-state index in [-0.39, 0.29) is 24.4 Å². The van der Waals surface area contributed by atoms with Gasteiger partial charge in [-0.25, -0.2) is 0 Å². The molecule has 6 N–H and O–H groups in total. The number of ketones is 1. The lowest BCUT2D eigenvalue weighted by Crippen LogP contribution is -2.43. The van der Waals surface area contributed by atoms with E-state index in [1.807, 2.05) is 0 Å². The van der Waals surface area contributed by atoms with Crippen molar-refractivity contribution in [1.29, 1.82) is 0 Å². The number of methoxy groups -OCH3 is 1. The van der Waals surface area contributed by atoms with Gasteiger partial charge in [-0.15, -0.1) is 0 Å². The zero-order chi connectivity index (χ0) is 16.8. The lowest BCUT2D eigenvalue weighted by molar-refractivity contribution is -0.138. The molecule has 0 saturated heterocycles. The van der Waals surface area contributed by atoms with Crippen molar-refractivity contribution in [3.8, 4) is 0 Å². The van der Waals surface area contributed by atoms with Gasteiger partial charge < -0.3 is 31.1 Å². The summed E-state index contributed by atoms with van der Waals surface area (Å²) in [4.78, 5) is 22.5. The lowest BCUT2D eigenvalue weighted by Gasteiger charge is -2.32. The Labute approximate surface area is 128 Å². The number of carboxylic acid groups (broad SMARTS) is 1. The number of hydrogen-bond donors (Lipinski definition) is 5. The number of Topliss-reactive ketones (excluding diaryl/α,β-unsaturated/α-hetero) is 1. The molecule has 1 aliphatic rings. The molecule has 0 aromatic heterocycles. The number of aliphatic carboxylic acids is 1. The number of aliphatic hydroxyl groups excluding tert-OH is 1. The average Bonchev–Trinajstić information content (AvgIpc) is 2.46. The van der Waals surface area contributed by atoms with E-state index in [4.69, 9.17) is 15.6 Å². The van der Waals surface area contributed by atoms with E-state index in [1.54, 1.807) is 0 Å². The highest BCUT2D eigenvalue weighted by atomic mass is 16.5. The quantitative estimate of drug-likeness (QED) is 0.345. The highest BCUT2D eigenvalue weighted by Crippen LogP contribution is 2.29. The van der Waals surface area contributed by atoms with Crippen molar-refractivity contribution in [3.05, 3.63) is 11.5 Å². The normalized spacial score (nSPS) is 23.4. The maximum atomic E-state index is 11.9. The van der Waals surface area contributed by atoms with Crippen LogP contribution in [0.15, 0.2) is 11.5 Å². The molecule has 0 aromatic rings.